The van der Waals surface area contributed by atoms with Crippen molar-refractivity contribution < 1.29 is 22.8 Å². The molecule has 0 bridgehead atoms. The number of carbonyl (C=O) groups excluding carboxylic acids is 2. The van der Waals surface area contributed by atoms with Crippen LogP contribution in [0.2, 0.25) is 0 Å². The Bertz CT molecular complexity index is 831. The van der Waals surface area contributed by atoms with Gasteiger partial charge in [-0.25, -0.2) is 13.2 Å². The first-order chi connectivity index (χ1) is 12.0. The quantitative estimate of drug-likeness (QED) is 0.907. The molecule has 2 aromatic rings. The summed E-state index contributed by atoms with van der Waals surface area (Å²) >= 11 is 1.32. The number of amides is 2. The molecule has 1 fully saturated rings. The molecular weight excluding hydrogens is 353 g/mol. The Kier molecular flexibility index (Phi) is 4.98. The number of rotatable bonds is 3. The molecule has 0 aromatic heterocycles. The van der Waals surface area contributed by atoms with Gasteiger partial charge in [-0.1, -0.05) is 12.1 Å². The molecule has 8 heteroatoms. The Morgan fingerprint density at radius 2 is 1.88 bits per heavy atom. The van der Waals surface area contributed by atoms with Gasteiger partial charge >= 0.3 is 0 Å². The van der Waals surface area contributed by atoms with Crippen LogP contribution in [0.3, 0.4) is 0 Å². The van der Waals surface area contributed by atoms with Crippen LogP contribution < -0.4 is 5.32 Å². The van der Waals surface area contributed by atoms with E-state index in [-0.39, 0.29) is 11.6 Å². The molecule has 1 unspecified atom stereocenters. The van der Waals surface area contributed by atoms with Crippen molar-refractivity contribution in [2.24, 2.45) is 0 Å². The largest absolute Gasteiger partial charge is 0.324 e. The van der Waals surface area contributed by atoms with Crippen molar-refractivity contribution in [2.75, 3.05) is 16.9 Å². The summed E-state index contributed by atoms with van der Waals surface area (Å²) in [7, 11) is 0. The zero-order valence-electron chi connectivity index (χ0n) is 12.8. The number of nitrogens with zero attached hydrogens (tertiary/aromatic N) is 1. The molecule has 1 atom stereocenters. The summed E-state index contributed by atoms with van der Waals surface area (Å²) in [6.45, 7) is 0. The van der Waals surface area contributed by atoms with E-state index in [4.69, 9.17) is 0 Å². The Balaban J connectivity index is 1.79. The number of halogens is 3. The molecule has 2 aromatic carbocycles. The summed E-state index contributed by atoms with van der Waals surface area (Å²) in [6.07, 6.45) is 0. The summed E-state index contributed by atoms with van der Waals surface area (Å²) in [6, 6.07) is 7.81. The van der Waals surface area contributed by atoms with Crippen LogP contribution in [0.5, 0.6) is 0 Å². The van der Waals surface area contributed by atoms with Crippen molar-refractivity contribution in [3.8, 4) is 0 Å². The van der Waals surface area contributed by atoms with Gasteiger partial charge in [0.05, 0.1) is 11.4 Å². The minimum Gasteiger partial charge on any atom is -0.324 e. The third kappa shape index (κ3) is 3.63. The maximum absolute atomic E-state index is 13.9. The van der Waals surface area contributed by atoms with Crippen LogP contribution >= 0.6 is 11.8 Å². The molecule has 3 rings (SSSR count). The first-order valence-electron chi connectivity index (χ1n) is 7.36. The fourth-order valence-electron chi connectivity index (χ4n) is 2.48. The molecule has 1 aliphatic rings. The van der Waals surface area contributed by atoms with Crippen molar-refractivity contribution in [1.29, 1.82) is 0 Å². The van der Waals surface area contributed by atoms with Gasteiger partial charge in [0.15, 0.2) is 11.6 Å². The van der Waals surface area contributed by atoms with Gasteiger partial charge in [0.1, 0.15) is 11.9 Å². The highest BCUT2D eigenvalue weighted by atomic mass is 32.2. The Morgan fingerprint density at radius 1 is 1.12 bits per heavy atom. The lowest BCUT2D eigenvalue weighted by atomic mass is 10.1. The minimum atomic E-state index is -1.24. The van der Waals surface area contributed by atoms with Crippen LogP contribution in [0.25, 0.3) is 0 Å². The molecule has 0 radical (unpaired) electrons. The number of nitrogens with one attached hydrogen (secondary N) is 1. The van der Waals surface area contributed by atoms with E-state index in [9.17, 15) is 22.8 Å². The van der Waals surface area contributed by atoms with E-state index in [1.807, 2.05) is 0 Å². The zero-order valence-corrected chi connectivity index (χ0v) is 13.7. The Labute approximate surface area is 146 Å². The summed E-state index contributed by atoms with van der Waals surface area (Å²) in [4.78, 5) is 26.1. The van der Waals surface area contributed by atoms with Gasteiger partial charge in [0.25, 0.3) is 5.91 Å². The summed E-state index contributed by atoms with van der Waals surface area (Å²) in [5.41, 5.74) is -0.169. The van der Waals surface area contributed by atoms with Crippen molar-refractivity contribution >= 4 is 29.3 Å². The first kappa shape index (κ1) is 17.3. The van der Waals surface area contributed by atoms with Crippen LogP contribution in [0.15, 0.2) is 42.5 Å². The average molecular weight is 366 g/mol. The molecule has 0 aliphatic carbocycles. The normalized spacial score (nSPS) is 16.8. The lowest BCUT2D eigenvalue weighted by molar-refractivity contribution is -0.119. The van der Waals surface area contributed by atoms with E-state index in [0.717, 1.165) is 12.1 Å². The molecule has 2 amide bonds. The van der Waals surface area contributed by atoms with E-state index in [0.29, 0.717) is 5.75 Å². The van der Waals surface area contributed by atoms with Gasteiger partial charge in [0, 0.05) is 11.4 Å². The number of hydrogen-bond donors (Lipinski definition) is 1. The molecule has 1 aliphatic heterocycles. The highest BCUT2D eigenvalue weighted by molar-refractivity contribution is 7.99. The van der Waals surface area contributed by atoms with E-state index >= 15 is 0 Å². The Morgan fingerprint density at radius 3 is 2.64 bits per heavy atom. The van der Waals surface area contributed by atoms with Gasteiger partial charge in [0.2, 0.25) is 5.91 Å². The summed E-state index contributed by atoms with van der Waals surface area (Å²) in [5.74, 6) is -3.66. The van der Waals surface area contributed by atoms with Gasteiger partial charge in [-0.15, -0.1) is 11.8 Å². The molecule has 1 N–H and O–H groups in total. The van der Waals surface area contributed by atoms with Crippen molar-refractivity contribution in [3.63, 3.8) is 0 Å². The third-order valence-electron chi connectivity index (χ3n) is 3.72. The second-order valence-electron chi connectivity index (χ2n) is 5.39. The van der Waals surface area contributed by atoms with Gasteiger partial charge in [-0.3, -0.25) is 9.59 Å². The smallest absolute Gasteiger partial charge is 0.258 e. The molecule has 25 heavy (non-hydrogen) atoms. The summed E-state index contributed by atoms with van der Waals surface area (Å²) in [5, 5.41) is 2.53. The average Bonchev–Trinajstić information content (AvgIpc) is 3.06. The predicted molar refractivity (Wildman–Crippen MR) is 88.7 cm³/mol. The highest BCUT2D eigenvalue weighted by Crippen LogP contribution is 2.25. The number of benzene rings is 2. The highest BCUT2D eigenvalue weighted by Gasteiger charge is 2.36. The summed E-state index contributed by atoms with van der Waals surface area (Å²) < 4.78 is 40.4. The van der Waals surface area contributed by atoms with Crippen molar-refractivity contribution in [2.45, 2.75) is 6.04 Å². The van der Waals surface area contributed by atoms with Crippen LogP contribution in [0.4, 0.5) is 18.9 Å². The van der Waals surface area contributed by atoms with Crippen LogP contribution in [0.1, 0.15) is 10.4 Å². The number of hydrogen-bond acceptors (Lipinski definition) is 3. The minimum absolute atomic E-state index is 0.177. The van der Waals surface area contributed by atoms with Gasteiger partial charge in [-0.05, 0) is 30.3 Å². The fourth-order valence-corrected chi connectivity index (χ4v) is 3.63. The molecule has 0 saturated carbocycles. The molecule has 1 saturated heterocycles. The monoisotopic (exact) mass is 366 g/mol. The lowest BCUT2D eigenvalue weighted by Gasteiger charge is -2.23. The van der Waals surface area contributed by atoms with E-state index in [2.05, 4.69) is 5.32 Å². The number of carbonyl (C=O) groups is 2. The van der Waals surface area contributed by atoms with Crippen molar-refractivity contribution in [3.05, 3.63) is 65.5 Å². The standard InChI is InChI=1S/C17H13F3N2O2S/c18-10-3-1-4-11(7-10)21-16(23)14-8-25-9-22(14)17(24)12-5-2-6-13(19)15(12)20/h1-7,14H,8-9H2,(H,21,23). The second kappa shape index (κ2) is 7.18. The second-order valence-corrected chi connectivity index (χ2v) is 6.39. The van der Waals surface area contributed by atoms with Gasteiger partial charge < -0.3 is 10.2 Å². The number of thioether (sulfide) groups is 1. The predicted octanol–water partition coefficient (Wildman–Crippen LogP) is 3.26. The number of anilines is 1. The molecule has 4 nitrogen and oxygen atoms in total. The Hall–Kier alpha value is -2.48. The topological polar surface area (TPSA) is 49.4 Å². The SMILES string of the molecule is O=C(Nc1cccc(F)c1)C1CSCN1C(=O)c1cccc(F)c1F. The first-order valence-corrected chi connectivity index (χ1v) is 8.52. The molecule has 130 valence electrons. The fraction of sp³-hybridized carbons (Fsp3) is 0.176. The third-order valence-corrected chi connectivity index (χ3v) is 4.73. The van der Waals surface area contributed by atoms with Crippen LogP contribution in [-0.2, 0) is 4.79 Å². The maximum atomic E-state index is 13.9. The van der Waals surface area contributed by atoms with Crippen LogP contribution in [0, 0.1) is 17.5 Å². The maximum Gasteiger partial charge on any atom is 0.258 e. The van der Waals surface area contributed by atoms with Crippen LogP contribution in [-0.4, -0.2) is 34.4 Å². The lowest BCUT2D eigenvalue weighted by Crippen LogP contribution is -2.44. The zero-order chi connectivity index (χ0) is 18.0. The van der Waals surface area contributed by atoms with E-state index in [1.54, 1.807) is 0 Å². The molecule has 1 heterocycles. The van der Waals surface area contributed by atoms with Crippen molar-refractivity contribution in [1.82, 2.24) is 4.90 Å². The molecular formula is C17H13F3N2O2S. The van der Waals surface area contributed by atoms with E-state index < -0.39 is 40.9 Å². The molecule has 0 spiro atoms. The van der Waals surface area contributed by atoms with Gasteiger partial charge in [-0.2, -0.15) is 0 Å². The van der Waals surface area contributed by atoms with E-state index in [1.165, 1.54) is 47.0 Å².